The van der Waals surface area contributed by atoms with Crippen LogP contribution in [0.1, 0.15) is 0 Å². The Bertz CT molecular complexity index is 860. The van der Waals surface area contributed by atoms with Crippen molar-refractivity contribution in [2.75, 3.05) is 12.4 Å². The van der Waals surface area contributed by atoms with Gasteiger partial charge < -0.3 is 10.1 Å². The van der Waals surface area contributed by atoms with Gasteiger partial charge in [0.1, 0.15) is 11.6 Å². The summed E-state index contributed by atoms with van der Waals surface area (Å²) in [5.74, 6) is 0.525. The zero-order valence-corrected chi connectivity index (χ0v) is 12.2. The molecule has 0 saturated carbocycles. The third-order valence-corrected chi connectivity index (χ3v) is 3.17. The minimum atomic E-state index is -0.380. The van der Waals surface area contributed by atoms with E-state index in [-0.39, 0.29) is 23.0 Å². The average Bonchev–Trinajstić information content (AvgIpc) is 2.57. The number of nitrogens with zero attached hydrogens (tertiary/aromatic N) is 2. The first kappa shape index (κ1) is 14.7. The number of hydrogen-bond donors (Lipinski definition) is 2. The summed E-state index contributed by atoms with van der Waals surface area (Å²) >= 11 is 0. The Morgan fingerprint density at radius 1 is 1.04 bits per heavy atom. The van der Waals surface area contributed by atoms with Crippen molar-refractivity contribution in [1.82, 2.24) is 15.2 Å². The Morgan fingerprint density at radius 3 is 2.35 bits per heavy atom. The molecule has 0 fully saturated rings. The second-order valence-electron chi connectivity index (χ2n) is 4.71. The van der Waals surface area contributed by atoms with Crippen LogP contribution in [0.15, 0.2) is 53.3 Å². The second-order valence-corrected chi connectivity index (χ2v) is 4.71. The number of ether oxygens (including phenoxy) is 1. The lowest BCUT2D eigenvalue weighted by molar-refractivity contribution is 0.415. The predicted octanol–water partition coefficient (Wildman–Crippen LogP) is 2.72. The Hall–Kier alpha value is -3.22. The van der Waals surface area contributed by atoms with Crippen LogP contribution < -0.4 is 15.6 Å². The Balaban J connectivity index is 1.85. The van der Waals surface area contributed by atoms with E-state index in [1.54, 1.807) is 31.4 Å². The highest BCUT2D eigenvalue weighted by Gasteiger charge is 2.08. The van der Waals surface area contributed by atoms with Crippen LogP contribution in [-0.2, 0) is 0 Å². The van der Waals surface area contributed by atoms with Crippen LogP contribution in [0.4, 0.5) is 16.0 Å². The fourth-order valence-corrected chi connectivity index (χ4v) is 2.00. The monoisotopic (exact) mass is 312 g/mol. The topological polar surface area (TPSA) is 79.9 Å². The summed E-state index contributed by atoms with van der Waals surface area (Å²) in [5.41, 5.74) is 1.05. The van der Waals surface area contributed by atoms with Crippen molar-refractivity contribution in [3.05, 3.63) is 64.7 Å². The van der Waals surface area contributed by atoms with E-state index in [2.05, 4.69) is 20.5 Å². The summed E-state index contributed by atoms with van der Waals surface area (Å²) in [6.45, 7) is 0. The highest BCUT2D eigenvalue weighted by Crippen LogP contribution is 2.18. The molecule has 0 bridgehead atoms. The first-order valence-electron chi connectivity index (χ1n) is 6.80. The van der Waals surface area contributed by atoms with E-state index in [1.165, 1.54) is 24.3 Å². The quantitative estimate of drug-likeness (QED) is 0.774. The van der Waals surface area contributed by atoms with Gasteiger partial charge in [-0.25, -0.2) is 4.39 Å². The number of anilines is 2. The van der Waals surface area contributed by atoms with Crippen LogP contribution in [-0.4, -0.2) is 22.3 Å². The van der Waals surface area contributed by atoms with Crippen molar-refractivity contribution >= 4 is 11.6 Å². The van der Waals surface area contributed by atoms with E-state index in [1.807, 2.05) is 0 Å². The average molecular weight is 312 g/mol. The van der Waals surface area contributed by atoms with Crippen molar-refractivity contribution in [2.45, 2.75) is 0 Å². The number of nitrogens with one attached hydrogen (secondary N) is 2. The van der Waals surface area contributed by atoms with Gasteiger partial charge in [-0.3, -0.25) is 9.78 Å². The molecule has 3 rings (SSSR count). The number of methoxy groups -OCH3 is 1. The van der Waals surface area contributed by atoms with Crippen LogP contribution >= 0.6 is 0 Å². The van der Waals surface area contributed by atoms with Crippen LogP contribution in [0.2, 0.25) is 0 Å². The number of benzene rings is 2. The largest absolute Gasteiger partial charge is 0.497 e. The maximum atomic E-state index is 12.9. The zero-order valence-electron chi connectivity index (χ0n) is 12.2. The van der Waals surface area contributed by atoms with E-state index in [4.69, 9.17) is 4.74 Å². The maximum absolute atomic E-state index is 12.9. The lowest BCUT2D eigenvalue weighted by atomic mass is 10.1. The summed E-state index contributed by atoms with van der Waals surface area (Å²) in [6.07, 6.45) is 0. The van der Waals surface area contributed by atoms with Crippen molar-refractivity contribution in [1.29, 1.82) is 0 Å². The minimum Gasteiger partial charge on any atom is -0.497 e. The SMILES string of the molecule is COc1ccc(-c2nnc(Nc3ccc(F)cc3)[nH]c2=O)cc1. The van der Waals surface area contributed by atoms with Crippen molar-refractivity contribution < 1.29 is 9.13 Å². The predicted molar refractivity (Wildman–Crippen MR) is 84.3 cm³/mol. The van der Waals surface area contributed by atoms with Crippen molar-refractivity contribution in [2.24, 2.45) is 0 Å². The van der Waals surface area contributed by atoms with Gasteiger partial charge in [-0.2, -0.15) is 0 Å². The molecular weight excluding hydrogens is 299 g/mol. The molecule has 0 radical (unpaired) electrons. The summed E-state index contributed by atoms with van der Waals surface area (Å²) < 4.78 is 17.9. The van der Waals surface area contributed by atoms with Crippen LogP contribution in [0.25, 0.3) is 11.3 Å². The first-order valence-corrected chi connectivity index (χ1v) is 6.80. The maximum Gasteiger partial charge on any atom is 0.279 e. The smallest absolute Gasteiger partial charge is 0.279 e. The Kier molecular flexibility index (Phi) is 4.01. The van der Waals surface area contributed by atoms with Gasteiger partial charge in [0, 0.05) is 11.3 Å². The van der Waals surface area contributed by atoms with Crippen LogP contribution in [0, 0.1) is 5.82 Å². The summed E-state index contributed by atoms with van der Waals surface area (Å²) in [7, 11) is 1.57. The standard InChI is InChI=1S/C16H13FN4O2/c1-23-13-8-2-10(3-9-13)14-15(22)19-16(21-20-14)18-12-6-4-11(17)5-7-12/h2-9H,1H3,(H2,18,19,21,22). The number of hydrogen-bond acceptors (Lipinski definition) is 5. The summed E-state index contributed by atoms with van der Waals surface area (Å²) in [5, 5.41) is 10.7. The summed E-state index contributed by atoms with van der Waals surface area (Å²) in [6, 6.07) is 12.6. The number of rotatable bonds is 4. The third kappa shape index (κ3) is 3.34. The van der Waals surface area contributed by atoms with Gasteiger partial charge in [0.25, 0.3) is 5.56 Å². The van der Waals surface area contributed by atoms with Crippen molar-refractivity contribution in [3.63, 3.8) is 0 Å². The molecule has 0 amide bonds. The molecule has 2 N–H and O–H groups in total. The number of aromatic amines is 1. The minimum absolute atomic E-state index is 0.180. The molecular formula is C16H13FN4O2. The molecule has 1 heterocycles. The van der Waals surface area contributed by atoms with Gasteiger partial charge in [-0.15, -0.1) is 10.2 Å². The van der Waals surface area contributed by atoms with Crippen LogP contribution in [0.5, 0.6) is 5.75 Å². The first-order chi connectivity index (χ1) is 11.2. The molecule has 23 heavy (non-hydrogen) atoms. The van der Waals surface area contributed by atoms with E-state index < -0.39 is 0 Å². The molecule has 1 aromatic heterocycles. The molecule has 0 aliphatic rings. The highest BCUT2D eigenvalue weighted by molar-refractivity contribution is 5.59. The molecule has 0 saturated heterocycles. The van der Waals surface area contributed by atoms with Crippen molar-refractivity contribution in [3.8, 4) is 17.0 Å². The molecule has 0 unspecified atom stereocenters. The summed E-state index contributed by atoms with van der Waals surface area (Å²) in [4.78, 5) is 14.8. The Labute approximate surface area is 131 Å². The van der Waals surface area contributed by atoms with E-state index in [0.717, 1.165) is 0 Å². The number of halogens is 1. The molecule has 0 aliphatic carbocycles. The van der Waals surface area contributed by atoms with Gasteiger partial charge in [-0.05, 0) is 48.5 Å². The fraction of sp³-hybridized carbons (Fsp3) is 0.0625. The zero-order chi connectivity index (χ0) is 16.2. The molecule has 2 aromatic carbocycles. The molecule has 0 atom stereocenters. The van der Waals surface area contributed by atoms with Crippen LogP contribution in [0.3, 0.4) is 0 Å². The van der Waals surface area contributed by atoms with E-state index >= 15 is 0 Å². The van der Waals surface area contributed by atoms with Gasteiger partial charge in [0.15, 0.2) is 5.69 Å². The third-order valence-electron chi connectivity index (χ3n) is 3.17. The van der Waals surface area contributed by atoms with Gasteiger partial charge in [-0.1, -0.05) is 0 Å². The second kappa shape index (κ2) is 6.27. The lowest BCUT2D eigenvalue weighted by Crippen LogP contribution is -2.15. The molecule has 116 valence electrons. The normalized spacial score (nSPS) is 10.3. The fourth-order valence-electron chi connectivity index (χ4n) is 2.00. The molecule has 6 nitrogen and oxygen atoms in total. The van der Waals surface area contributed by atoms with Gasteiger partial charge in [0.05, 0.1) is 7.11 Å². The highest BCUT2D eigenvalue weighted by atomic mass is 19.1. The molecule has 0 aliphatic heterocycles. The molecule has 3 aromatic rings. The number of aromatic nitrogens is 3. The molecule has 0 spiro atoms. The number of H-pyrrole nitrogens is 1. The van der Waals surface area contributed by atoms with E-state index in [0.29, 0.717) is 17.0 Å². The van der Waals surface area contributed by atoms with Gasteiger partial charge >= 0.3 is 0 Å². The van der Waals surface area contributed by atoms with Gasteiger partial charge in [0.2, 0.25) is 5.95 Å². The molecule has 7 heteroatoms. The lowest BCUT2D eigenvalue weighted by Gasteiger charge is -2.06. The van der Waals surface area contributed by atoms with E-state index in [9.17, 15) is 9.18 Å². The Morgan fingerprint density at radius 2 is 1.74 bits per heavy atom.